The number of fused-ring (bicyclic) bond motifs is 1. The number of aryl methyl sites for hydroxylation is 1. The molecule has 0 aliphatic rings. The Morgan fingerprint density at radius 2 is 1.50 bits per heavy atom. The molecule has 0 unspecified atom stereocenters. The highest BCUT2D eigenvalue weighted by molar-refractivity contribution is 5.88. The number of ether oxygens (including phenoxy) is 1. The van der Waals surface area contributed by atoms with E-state index in [2.05, 4.69) is 151 Å². The number of hydrogen-bond donors (Lipinski definition) is 2. The van der Waals surface area contributed by atoms with Gasteiger partial charge >= 0.3 is 6.18 Å². The molecule has 0 saturated heterocycles. The number of halogens is 3. The number of nitrogens with zero attached hydrogens (tertiary/aromatic N) is 1. The van der Waals surface area contributed by atoms with Crippen LogP contribution in [0.1, 0.15) is 190 Å². The molecule has 0 radical (unpaired) electrons. The van der Waals surface area contributed by atoms with Crippen molar-refractivity contribution >= 4 is 22.8 Å². The van der Waals surface area contributed by atoms with Crippen molar-refractivity contribution in [2.45, 2.75) is 191 Å². The van der Waals surface area contributed by atoms with Gasteiger partial charge in [-0.05, 0) is 107 Å². The van der Waals surface area contributed by atoms with Crippen LogP contribution in [0.4, 0.5) is 18.9 Å². The number of benzene rings is 1. The molecule has 7 heteroatoms. The standard InChI is InChI=1S/C28H42N2.C9H17N.C8H12.C6H14O.C4H5F3/c1-7-10-12-15-25-26-20-24(29-6)18-19-27(26)30-28(25)22(5)23(14-11-8-2)17-16-21(4)13-9-3;1-4-6-8-10-9(3)7-5-2;1-3-5-7-8-6-4-2;1-3-5-7-6-4-2;1-3(2)4(5,6)7/h14,16-20,22,29-30H,4,7-13,15H2,1-3,5-6H3;7-8H,4-6H2,1-3H3;5,7H,3-4H2,1-2H3;3-6H2,1-2H3;1H2,2H3/b17-16-,23-14+;9-7+,10-8?;7-5+;;/t22-;;;;/m0..../s1. The number of nitrogens with one attached hydrogen (secondary N) is 2. The number of allylic oxidation sites excluding steroid dienone is 10. The van der Waals surface area contributed by atoms with Crippen LogP contribution in [-0.4, -0.2) is 37.6 Å². The summed E-state index contributed by atoms with van der Waals surface area (Å²) >= 11 is 0. The number of alkyl halides is 3. The first-order valence-electron chi connectivity index (χ1n) is 23.6. The Morgan fingerprint density at radius 1 is 0.855 bits per heavy atom. The van der Waals surface area contributed by atoms with Crippen molar-refractivity contribution < 1.29 is 17.9 Å². The van der Waals surface area contributed by atoms with Gasteiger partial charge in [-0.25, -0.2) is 0 Å². The monoisotopic (exact) mass is 866 g/mol. The molecule has 1 heterocycles. The van der Waals surface area contributed by atoms with E-state index in [-0.39, 0.29) is 0 Å². The number of unbranched alkanes of at least 4 members (excludes halogenated alkanes) is 4. The molecule has 4 nitrogen and oxygen atoms in total. The average Bonchev–Trinajstić information content (AvgIpc) is 3.61. The molecule has 62 heavy (non-hydrogen) atoms. The fourth-order valence-corrected chi connectivity index (χ4v) is 5.51. The summed E-state index contributed by atoms with van der Waals surface area (Å²) < 4.78 is 38.4. The van der Waals surface area contributed by atoms with Crippen LogP contribution < -0.4 is 5.32 Å². The predicted octanol–water partition coefficient (Wildman–Crippen LogP) is 18.2. The summed E-state index contributed by atoms with van der Waals surface area (Å²) in [6.45, 7) is 33.5. The zero-order chi connectivity index (χ0) is 47.6. The molecule has 2 rings (SSSR count). The maximum Gasteiger partial charge on any atom is 0.411 e. The van der Waals surface area contributed by atoms with Crippen LogP contribution in [0.5, 0.6) is 0 Å². The van der Waals surface area contributed by atoms with Gasteiger partial charge in [0.15, 0.2) is 0 Å². The maximum atomic E-state index is 11.1. The third-order valence-electron chi connectivity index (χ3n) is 9.05. The van der Waals surface area contributed by atoms with Gasteiger partial charge in [-0.15, -0.1) is 0 Å². The second kappa shape index (κ2) is 42.3. The van der Waals surface area contributed by atoms with Crippen molar-refractivity contribution in [3.8, 4) is 11.8 Å². The van der Waals surface area contributed by atoms with Gasteiger partial charge in [-0.1, -0.05) is 162 Å². The van der Waals surface area contributed by atoms with Crippen LogP contribution in [0.2, 0.25) is 0 Å². The van der Waals surface area contributed by atoms with E-state index < -0.39 is 11.7 Å². The Labute approximate surface area is 379 Å². The van der Waals surface area contributed by atoms with Crippen molar-refractivity contribution in [2.24, 2.45) is 4.99 Å². The van der Waals surface area contributed by atoms with Gasteiger partial charge in [0.1, 0.15) is 0 Å². The number of aromatic amines is 1. The first-order chi connectivity index (χ1) is 29.6. The molecule has 0 bridgehead atoms. The average molecular weight is 866 g/mol. The molecule has 1 aromatic heterocycles. The number of H-pyrrole nitrogens is 1. The van der Waals surface area contributed by atoms with Crippen molar-refractivity contribution in [3.05, 3.63) is 101 Å². The normalized spacial score (nSPS) is 12.0. The number of hydrogen-bond acceptors (Lipinski definition) is 3. The molecule has 0 aliphatic carbocycles. The summed E-state index contributed by atoms with van der Waals surface area (Å²) in [4.78, 5) is 8.03. The molecule has 0 spiro atoms. The topological polar surface area (TPSA) is 49.4 Å². The van der Waals surface area contributed by atoms with Crippen molar-refractivity contribution in [1.82, 2.24) is 4.98 Å². The van der Waals surface area contributed by atoms with Crippen molar-refractivity contribution in [3.63, 3.8) is 0 Å². The number of anilines is 1. The third kappa shape index (κ3) is 33.6. The number of aromatic nitrogens is 1. The minimum absolute atomic E-state index is 0.337. The van der Waals surface area contributed by atoms with Crippen molar-refractivity contribution in [1.29, 1.82) is 0 Å². The maximum absolute atomic E-state index is 11.1. The lowest BCUT2D eigenvalue weighted by atomic mass is 9.90. The fraction of sp³-hybridized carbons (Fsp3) is 0.582. The lowest BCUT2D eigenvalue weighted by Gasteiger charge is -2.16. The Hall–Kier alpha value is -4.02. The van der Waals surface area contributed by atoms with Crippen LogP contribution in [-0.2, 0) is 11.2 Å². The molecular weight excluding hydrogens is 776 g/mol. The number of rotatable bonds is 22. The number of aliphatic imine (C=N–C) groups is 1. The molecule has 0 saturated carbocycles. The van der Waals surface area contributed by atoms with Crippen LogP contribution in [0.15, 0.2) is 95.2 Å². The van der Waals surface area contributed by atoms with Gasteiger partial charge in [0.2, 0.25) is 0 Å². The minimum atomic E-state index is -4.19. The molecule has 0 fully saturated rings. The van der Waals surface area contributed by atoms with E-state index in [1.807, 2.05) is 33.2 Å². The van der Waals surface area contributed by atoms with Gasteiger partial charge < -0.3 is 15.0 Å². The second-order valence-corrected chi connectivity index (χ2v) is 15.2. The Balaban J connectivity index is -0.000000879. The van der Waals surface area contributed by atoms with E-state index in [1.54, 1.807) is 0 Å². The van der Waals surface area contributed by atoms with E-state index in [0.717, 1.165) is 90.0 Å². The summed E-state index contributed by atoms with van der Waals surface area (Å²) in [6.07, 6.45) is 27.9. The molecule has 1 atom stereocenters. The quantitative estimate of drug-likeness (QED) is 0.0407. The summed E-state index contributed by atoms with van der Waals surface area (Å²) in [6, 6.07) is 6.68. The molecular formula is C55H90F3N3O. The van der Waals surface area contributed by atoms with Gasteiger partial charge in [0.25, 0.3) is 0 Å². The van der Waals surface area contributed by atoms with E-state index in [1.165, 1.54) is 71.1 Å². The van der Waals surface area contributed by atoms with Crippen LogP contribution >= 0.6 is 0 Å². The summed E-state index contributed by atoms with van der Waals surface area (Å²) in [5.41, 5.74) is 8.28. The van der Waals surface area contributed by atoms with E-state index in [9.17, 15) is 13.2 Å². The van der Waals surface area contributed by atoms with E-state index in [0.29, 0.717) is 5.92 Å². The third-order valence-corrected chi connectivity index (χ3v) is 9.05. The summed E-state index contributed by atoms with van der Waals surface area (Å²) in [5.74, 6) is 6.19. The highest BCUT2D eigenvalue weighted by atomic mass is 19.4. The fourth-order valence-electron chi connectivity index (χ4n) is 5.51. The molecule has 0 aliphatic heterocycles. The molecule has 0 amide bonds. The lowest BCUT2D eigenvalue weighted by molar-refractivity contribution is -0.0909. The Kier molecular flexibility index (Phi) is 42.5. The molecule has 352 valence electrons. The zero-order valence-corrected chi connectivity index (χ0v) is 41.8. The van der Waals surface area contributed by atoms with Crippen LogP contribution in [0.3, 0.4) is 0 Å². The Morgan fingerprint density at radius 3 is 2.00 bits per heavy atom. The zero-order valence-electron chi connectivity index (χ0n) is 41.8. The molecule has 1 aromatic carbocycles. The predicted molar refractivity (Wildman–Crippen MR) is 273 cm³/mol. The highest BCUT2D eigenvalue weighted by Crippen LogP contribution is 2.35. The smallest absolute Gasteiger partial charge is 0.388 e. The molecule has 2 N–H and O–H groups in total. The highest BCUT2D eigenvalue weighted by Gasteiger charge is 2.27. The van der Waals surface area contributed by atoms with E-state index in [4.69, 9.17) is 4.74 Å². The second-order valence-electron chi connectivity index (χ2n) is 15.2. The minimum Gasteiger partial charge on any atom is -0.388 e. The Bertz CT molecular complexity index is 1640. The first kappa shape index (κ1) is 62.3. The van der Waals surface area contributed by atoms with Crippen LogP contribution in [0, 0.1) is 11.8 Å². The lowest BCUT2D eigenvalue weighted by Crippen LogP contribution is -2.06. The largest absolute Gasteiger partial charge is 0.411 e. The van der Waals surface area contributed by atoms with Crippen molar-refractivity contribution in [2.75, 3.05) is 25.6 Å². The molecule has 2 aromatic rings. The van der Waals surface area contributed by atoms with Gasteiger partial charge in [-0.2, -0.15) is 13.2 Å². The first-order valence-corrected chi connectivity index (χ1v) is 23.6. The summed E-state index contributed by atoms with van der Waals surface area (Å²) in [5, 5.41) is 4.67. The van der Waals surface area contributed by atoms with E-state index >= 15 is 0 Å². The summed E-state index contributed by atoms with van der Waals surface area (Å²) in [7, 11) is 1.99. The van der Waals surface area contributed by atoms with Gasteiger partial charge in [0.05, 0.1) is 0 Å². The van der Waals surface area contributed by atoms with Gasteiger partial charge in [0, 0.05) is 72.4 Å². The van der Waals surface area contributed by atoms with Crippen LogP contribution in [0.25, 0.3) is 10.9 Å². The van der Waals surface area contributed by atoms with Gasteiger partial charge in [-0.3, -0.25) is 4.99 Å². The SMILES string of the molecule is C=C(/C=C\C(=C/CCC)[C@H](C)c1[nH]c2ccc(NC)cc2c1CCCCC)CCC.C=C(C)C(F)(F)F.CC/C=C(\C)N=CCCC.CCC#C/C=C/CC.CCCOCCC.